The first-order valence-corrected chi connectivity index (χ1v) is 5.68. The van der Waals surface area contributed by atoms with Gasteiger partial charge in [-0.15, -0.1) is 12.4 Å². The minimum Gasteiger partial charge on any atom is -0.323 e. The van der Waals surface area contributed by atoms with Crippen LogP contribution in [0.2, 0.25) is 0 Å². The molecule has 0 unspecified atom stereocenters. The maximum absolute atomic E-state index is 13.4. The van der Waals surface area contributed by atoms with Crippen LogP contribution in [0.5, 0.6) is 0 Å². The topological polar surface area (TPSA) is 41.1 Å². The first kappa shape index (κ1) is 22.7. The molecule has 3 nitrogen and oxygen atoms in total. The number of nitrogens with one attached hydrogen (secondary N) is 2. The number of carbonyl (C=O) groups excluding carboxylic acids is 1. The second kappa shape index (κ2) is 9.45. The van der Waals surface area contributed by atoms with Crippen LogP contribution in [0.15, 0.2) is 12.1 Å². The number of carbonyl (C=O) groups is 1. The molecule has 1 aromatic rings. The summed E-state index contributed by atoms with van der Waals surface area (Å²) in [5.41, 5.74) is -0.335. The van der Waals surface area contributed by atoms with Crippen LogP contribution in [-0.4, -0.2) is 18.5 Å². The van der Waals surface area contributed by atoms with Gasteiger partial charge in [-0.1, -0.05) is 0 Å². The Labute approximate surface area is 141 Å². The Hall–Kier alpha value is -0.570. The van der Waals surface area contributed by atoms with E-state index in [0.717, 1.165) is 12.1 Å². The van der Waals surface area contributed by atoms with Gasteiger partial charge in [-0.2, -0.15) is 27.0 Å². The van der Waals surface area contributed by atoms with Crippen LogP contribution >= 0.6 is 39.4 Å². The first-order valence-electron chi connectivity index (χ1n) is 5.68. The number of amides is 1. The van der Waals surface area contributed by atoms with Gasteiger partial charge in [0.1, 0.15) is 0 Å². The van der Waals surface area contributed by atoms with Crippen molar-refractivity contribution in [3.05, 3.63) is 29.6 Å². The Morgan fingerprint density at radius 2 is 1.86 bits per heavy atom. The highest BCUT2D eigenvalue weighted by atomic mass is 35.5. The Kier molecular flexibility index (Phi) is 10.2. The fourth-order valence-corrected chi connectivity index (χ4v) is 2.06. The highest BCUT2D eigenvalue weighted by Gasteiger charge is 2.30. The lowest BCUT2D eigenvalue weighted by atomic mass is 10.0. The number of halogens is 4. The molecule has 9 heteroatoms. The number of hydrogen-bond donors (Lipinski definition) is 2. The van der Waals surface area contributed by atoms with Crippen molar-refractivity contribution >= 4 is 51.0 Å². The largest absolute Gasteiger partial charge is 0.323 e. The van der Waals surface area contributed by atoms with Crippen molar-refractivity contribution in [2.24, 2.45) is 5.92 Å². The third-order valence-electron chi connectivity index (χ3n) is 3.16. The van der Waals surface area contributed by atoms with Crippen molar-refractivity contribution in [2.45, 2.75) is 19.4 Å². The molecule has 2 rings (SSSR count). The van der Waals surface area contributed by atoms with E-state index >= 15 is 0 Å². The van der Waals surface area contributed by atoms with Gasteiger partial charge >= 0.3 is 0 Å². The molecule has 1 amide bonds. The standard InChI is InChI=1S/C12H13F3N2O.ClH.2H2S/c1-6-7(4-5-16-6)12(18)17-9-3-2-8(13)10(14)11(9)15;;;/h2-3,6-7,16H,4-5H2,1H3,(H,17,18);1H;2*1H2/t6-,7-;;;/m0.../s1. The van der Waals surface area contributed by atoms with Crippen LogP contribution in [0, 0.1) is 23.4 Å². The molecule has 2 N–H and O–H groups in total. The molecule has 0 aromatic heterocycles. The number of benzene rings is 1. The fraction of sp³-hybridized carbons (Fsp3) is 0.417. The highest BCUT2D eigenvalue weighted by Crippen LogP contribution is 2.22. The Morgan fingerprint density at radius 3 is 2.38 bits per heavy atom. The van der Waals surface area contributed by atoms with Gasteiger partial charge in [-0.05, 0) is 32.0 Å². The zero-order valence-corrected chi connectivity index (χ0v) is 14.0. The molecular weight excluding hydrogens is 345 g/mol. The van der Waals surface area contributed by atoms with Gasteiger partial charge in [-0.3, -0.25) is 4.79 Å². The van der Waals surface area contributed by atoms with Gasteiger partial charge in [0, 0.05) is 6.04 Å². The fourth-order valence-electron chi connectivity index (χ4n) is 2.06. The smallest absolute Gasteiger partial charge is 0.229 e. The Balaban J connectivity index is 0. The zero-order chi connectivity index (χ0) is 13.3. The molecule has 1 aliphatic rings. The molecule has 0 radical (unpaired) electrons. The summed E-state index contributed by atoms with van der Waals surface area (Å²) >= 11 is 0. The Morgan fingerprint density at radius 1 is 1.24 bits per heavy atom. The summed E-state index contributed by atoms with van der Waals surface area (Å²) in [5.74, 6) is -4.91. The summed E-state index contributed by atoms with van der Waals surface area (Å²) < 4.78 is 39.1. The minimum absolute atomic E-state index is 0. The predicted octanol–water partition coefficient (Wildman–Crippen LogP) is 2.69. The molecule has 21 heavy (non-hydrogen) atoms. The molecule has 0 saturated carbocycles. The van der Waals surface area contributed by atoms with Gasteiger partial charge in [0.25, 0.3) is 0 Å². The second-order valence-corrected chi connectivity index (χ2v) is 4.35. The number of rotatable bonds is 2. The molecule has 1 aromatic carbocycles. The van der Waals surface area contributed by atoms with Gasteiger partial charge < -0.3 is 10.6 Å². The number of anilines is 1. The van der Waals surface area contributed by atoms with Gasteiger partial charge in [0.05, 0.1) is 11.6 Å². The summed E-state index contributed by atoms with van der Waals surface area (Å²) in [7, 11) is 0. The second-order valence-electron chi connectivity index (χ2n) is 4.35. The molecule has 1 fully saturated rings. The lowest BCUT2D eigenvalue weighted by Gasteiger charge is -2.15. The van der Waals surface area contributed by atoms with E-state index in [1.165, 1.54) is 0 Å². The molecule has 122 valence electrons. The van der Waals surface area contributed by atoms with Crippen LogP contribution < -0.4 is 10.6 Å². The summed E-state index contributed by atoms with van der Waals surface area (Å²) in [6.45, 7) is 2.55. The quantitative estimate of drug-likeness (QED) is 0.794. The summed E-state index contributed by atoms with van der Waals surface area (Å²) in [4.78, 5) is 11.8. The first-order chi connectivity index (χ1) is 8.50. The summed E-state index contributed by atoms with van der Waals surface area (Å²) in [6, 6.07) is 1.78. The van der Waals surface area contributed by atoms with Crippen molar-refractivity contribution in [1.82, 2.24) is 5.32 Å². The monoisotopic (exact) mass is 362 g/mol. The number of hydrogen-bond acceptors (Lipinski definition) is 2. The van der Waals surface area contributed by atoms with Crippen LogP contribution in [-0.2, 0) is 4.79 Å². The predicted molar refractivity (Wildman–Crippen MR) is 88.5 cm³/mol. The lowest BCUT2D eigenvalue weighted by Crippen LogP contribution is -2.32. The molecule has 0 aliphatic carbocycles. The molecule has 0 bridgehead atoms. The lowest BCUT2D eigenvalue weighted by molar-refractivity contribution is -0.120. The van der Waals surface area contributed by atoms with Crippen molar-refractivity contribution in [1.29, 1.82) is 0 Å². The van der Waals surface area contributed by atoms with Crippen LogP contribution in [0.4, 0.5) is 18.9 Å². The third-order valence-corrected chi connectivity index (χ3v) is 3.16. The van der Waals surface area contributed by atoms with E-state index in [1.54, 1.807) is 0 Å². The van der Waals surface area contributed by atoms with E-state index in [-0.39, 0.29) is 57.0 Å². The summed E-state index contributed by atoms with van der Waals surface area (Å²) in [6.07, 6.45) is 0.637. The van der Waals surface area contributed by atoms with Gasteiger partial charge in [-0.25, -0.2) is 13.2 Å². The molecule has 1 heterocycles. The van der Waals surface area contributed by atoms with E-state index in [9.17, 15) is 18.0 Å². The van der Waals surface area contributed by atoms with Crippen LogP contribution in [0.25, 0.3) is 0 Å². The molecular formula is C12H18ClF3N2OS2. The van der Waals surface area contributed by atoms with Crippen LogP contribution in [0.3, 0.4) is 0 Å². The average Bonchev–Trinajstić information content (AvgIpc) is 2.76. The Bertz CT molecular complexity index is 494. The average molecular weight is 363 g/mol. The normalized spacial score (nSPS) is 19.8. The maximum atomic E-state index is 13.4. The highest BCUT2D eigenvalue weighted by molar-refractivity contribution is 7.59. The van der Waals surface area contributed by atoms with Crippen molar-refractivity contribution in [2.75, 3.05) is 11.9 Å². The molecule has 1 aliphatic heterocycles. The van der Waals surface area contributed by atoms with E-state index < -0.39 is 23.4 Å². The van der Waals surface area contributed by atoms with Crippen molar-refractivity contribution in [3.8, 4) is 0 Å². The molecule has 1 saturated heterocycles. The van der Waals surface area contributed by atoms with Crippen LogP contribution in [0.1, 0.15) is 13.3 Å². The van der Waals surface area contributed by atoms with Crippen molar-refractivity contribution < 1.29 is 18.0 Å². The van der Waals surface area contributed by atoms with E-state index in [1.807, 2.05) is 6.92 Å². The molecule has 0 spiro atoms. The third kappa shape index (κ3) is 4.98. The zero-order valence-electron chi connectivity index (χ0n) is 11.2. The van der Waals surface area contributed by atoms with E-state index in [2.05, 4.69) is 10.6 Å². The van der Waals surface area contributed by atoms with E-state index in [4.69, 9.17) is 0 Å². The molecule has 2 atom stereocenters. The van der Waals surface area contributed by atoms with Gasteiger partial charge in [0.15, 0.2) is 17.5 Å². The minimum atomic E-state index is -1.58. The van der Waals surface area contributed by atoms with E-state index in [0.29, 0.717) is 13.0 Å². The van der Waals surface area contributed by atoms with Gasteiger partial charge in [0.2, 0.25) is 5.91 Å². The summed E-state index contributed by atoms with van der Waals surface area (Å²) in [5, 5.41) is 5.37. The SMILES string of the molecule is C[C@@H]1NCC[C@@H]1C(=O)Nc1ccc(F)c(F)c1F.Cl.S.S. The maximum Gasteiger partial charge on any atom is 0.229 e. The van der Waals surface area contributed by atoms with Crippen molar-refractivity contribution in [3.63, 3.8) is 0 Å².